The van der Waals surface area contributed by atoms with Gasteiger partial charge in [-0.1, -0.05) is 6.07 Å². The number of benzene rings is 1. The SMILES string of the molecule is CS(=O)(=O)NCCN1CCC(CNC(=O)c2cccc(C(F)(F)F)c2)CC1. The molecule has 0 aromatic heterocycles. The van der Waals surface area contributed by atoms with Crippen LogP contribution in [0.5, 0.6) is 0 Å². The van der Waals surface area contributed by atoms with Crippen molar-refractivity contribution in [3.8, 4) is 0 Å². The number of carbonyl (C=O) groups excluding carboxylic acids is 1. The quantitative estimate of drug-likeness (QED) is 0.721. The van der Waals surface area contributed by atoms with Crippen LogP contribution in [0.2, 0.25) is 0 Å². The number of likely N-dealkylation sites (tertiary alicyclic amines) is 1. The number of carbonyl (C=O) groups is 1. The summed E-state index contributed by atoms with van der Waals surface area (Å²) in [6, 6.07) is 4.38. The number of halogens is 3. The first kappa shape index (κ1) is 21.6. The number of amides is 1. The normalized spacial score (nSPS) is 17.0. The summed E-state index contributed by atoms with van der Waals surface area (Å²) in [5, 5.41) is 2.71. The fourth-order valence-corrected chi connectivity index (χ4v) is 3.44. The maximum absolute atomic E-state index is 12.7. The van der Waals surface area contributed by atoms with Crippen molar-refractivity contribution in [2.24, 2.45) is 5.92 Å². The van der Waals surface area contributed by atoms with E-state index < -0.39 is 27.7 Å². The lowest BCUT2D eigenvalue weighted by atomic mass is 9.96. The van der Waals surface area contributed by atoms with E-state index in [2.05, 4.69) is 14.9 Å². The Morgan fingerprint density at radius 3 is 2.52 bits per heavy atom. The van der Waals surface area contributed by atoms with Crippen LogP contribution in [0.25, 0.3) is 0 Å². The van der Waals surface area contributed by atoms with E-state index in [0.29, 0.717) is 19.6 Å². The van der Waals surface area contributed by atoms with Gasteiger partial charge in [0, 0.05) is 25.2 Å². The third kappa shape index (κ3) is 7.47. The van der Waals surface area contributed by atoms with Gasteiger partial charge in [0.15, 0.2) is 0 Å². The smallest absolute Gasteiger partial charge is 0.352 e. The average Bonchev–Trinajstić information content (AvgIpc) is 2.59. The van der Waals surface area contributed by atoms with E-state index in [1.807, 2.05) is 0 Å². The van der Waals surface area contributed by atoms with Crippen molar-refractivity contribution in [2.75, 3.05) is 39.0 Å². The van der Waals surface area contributed by atoms with E-state index in [0.717, 1.165) is 44.3 Å². The second kappa shape index (κ2) is 9.03. The average molecular weight is 407 g/mol. The minimum atomic E-state index is -4.48. The summed E-state index contributed by atoms with van der Waals surface area (Å²) in [6.45, 7) is 2.96. The fraction of sp³-hybridized carbons (Fsp3) is 0.588. The maximum Gasteiger partial charge on any atom is 0.416 e. The van der Waals surface area contributed by atoms with Gasteiger partial charge in [-0.05, 0) is 50.0 Å². The van der Waals surface area contributed by atoms with Crippen LogP contribution in [0.1, 0.15) is 28.8 Å². The molecule has 10 heteroatoms. The number of hydrogen-bond acceptors (Lipinski definition) is 4. The highest BCUT2D eigenvalue weighted by Crippen LogP contribution is 2.29. The molecular formula is C17H24F3N3O3S. The Morgan fingerprint density at radius 2 is 1.93 bits per heavy atom. The summed E-state index contributed by atoms with van der Waals surface area (Å²) in [6.07, 6.45) is -1.69. The summed E-state index contributed by atoms with van der Waals surface area (Å²) < 4.78 is 62.7. The summed E-state index contributed by atoms with van der Waals surface area (Å²) >= 11 is 0. The van der Waals surface area contributed by atoms with Crippen molar-refractivity contribution in [3.05, 3.63) is 35.4 Å². The van der Waals surface area contributed by atoms with Crippen molar-refractivity contribution in [1.29, 1.82) is 0 Å². The van der Waals surface area contributed by atoms with Crippen LogP contribution in [0.3, 0.4) is 0 Å². The van der Waals surface area contributed by atoms with Crippen molar-refractivity contribution >= 4 is 15.9 Å². The van der Waals surface area contributed by atoms with E-state index in [9.17, 15) is 26.4 Å². The molecule has 1 fully saturated rings. The maximum atomic E-state index is 12.7. The molecule has 1 aromatic carbocycles. The van der Waals surface area contributed by atoms with Crippen LogP contribution < -0.4 is 10.0 Å². The van der Waals surface area contributed by atoms with Crippen molar-refractivity contribution in [2.45, 2.75) is 19.0 Å². The Balaban J connectivity index is 1.74. The summed E-state index contributed by atoms with van der Waals surface area (Å²) in [4.78, 5) is 14.3. The molecule has 1 aliphatic heterocycles. The van der Waals surface area contributed by atoms with Gasteiger partial charge in [-0.25, -0.2) is 13.1 Å². The highest BCUT2D eigenvalue weighted by Gasteiger charge is 2.31. The standard InChI is InChI=1S/C17H24F3N3O3S/c1-27(25,26)22-7-10-23-8-5-13(6-9-23)12-21-16(24)14-3-2-4-15(11-14)17(18,19)20/h2-4,11,13,22H,5-10,12H2,1H3,(H,21,24). The van der Waals surface area contributed by atoms with Crippen molar-refractivity contribution in [3.63, 3.8) is 0 Å². The highest BCUT2D eigenvalue weighted by molar-refractivity contribution is 7.88. The first-order valence-electron chi connectivity index (χ1n) is 8.67. The molecule has 1 saturated heterocycles. The van der Waals surface area contributed by atoms with Gasteiger partial charge >= 0.3 is 6.18 Å². The van der Waals surface area contributed by atoms with Gasteiger partial charge in [-0.2, -0.15) is 13.2 Å². The number of alkyl halides is 3. The molecule has 0 spiro atoms. The molecular weight excluding hydrogens is 383 g/mol. The molecule has 0 saturated carbocycles. The minimum absolute atomic E-state index is 0.00545. The zero-order chi connectivity index (χ0) is 20.1. The second-order valence-corrected chi connectivity index (χ2v) is 8.57. The number of nitrogens with zero attached hydrogens (tertiary/aromatic N) is 1. The first-order chi connectivity index (χ1) is 12.5. The van der Waals surface area contributed by atoms with Gasteiger partial charge in [0.2, 0.25) is 10.0 Å². The van der Waals surface area contributed by atoms with E-state index in [4.69, 9.17) is 0 Å². The van der Waals surface area contributed by atoms with Gasteiger partial charge in [0.05, 0.1) is 11.8 Å². The van der Waals surface area contributed by atoms with E-state index in [-0.39, 0.29) is 11.5 Å². The molecule has 6 nitrogen and oxygen atoms in total. The van der Waals surface area contributed by atoms with Crippen LogP contribution in [0, 0.1) is 5.92 Å². The molecule has 0 atom stereocenters. The first-order valence-corrected chi connectivity index (χ1v) is 10.6. The molecule has 152 valence electrons. The third-order valence-electron chi connectivity index (χ3n) is 4.50. The van der Waals surface area contributed by atoms with Crippen molar-refractivity contribution < 1.29 is 26.4 Å². The lowest BCUT2D eigenvalue weighted by molar-refractivity contribution is -0.137. The van der Waals surface area contributed by atoms with Gasteiger partial charge in [0.25, 0.3) is 5.91 Å². The van der Waals surface area contributed by atoms with E-state index in [1.54, 1.807) is 0 Å². The predicted octanol–water partition coefficient (Wildman–Crippen LogP) is 1.70. The van der Waals surface area contributed by atoms with Crippen LogP contribution in [0.4, 0.5) is 13.2 Å². The number of rotatable bonds is 7. The second-order valence-electron chi connectivity index (χ2n) is 6.74. The summed E-state index contributed by atoms with van der Waals surface area (Å²) in [7, 11) is -3.19. The molecule has 0 aliphatic carbocycles. The topological polar surface area (TPSA) is 78.5 Å². The molecule has 1 aromatic rings. The minimum Gasteiger partial charge on any atom is -0.352 e. The van der Waals surface area contributed by atoms with Gasteiger partial charge in [0.1, 0.15) is 0 Å². The number of nitrogens with one attached hydrogen (secondary N) is 2. The Bertz CT molecular complexity index is 745. The molecule has 27 heavy (non-hydrogen) atoms. The van der Waals surface area contributed by atoms with Crippen LogP contribution in [0.15, 0.2) is 24.3 Å². The summed E-state index contributed by atoms with van der Waals surface area (Å²) in [5.41, 5.74) is -0.847. The zero-order valence-electron chi connectivity index (χ0n) is 15.1. The fourth-order valence-electron chi connectivity index (χ4n) is 2.98. The third-order valence-corrected chi connectivity index (χ3v) is 5.23. The molecule has 1 heterocycles. The molecule has 0 unspecified atom stereocenters. The van der Waals surface area contributed by atoms with Crippen LogP contribution in [-0.2, 0) is 16.2 Å². The van der Waals surface area contributed by atoms with E-state index >= 15 is 0 Å². The lowest BCUT2D eigenvalue weighted by Crippen LogP contribution is -2.41. The van der Waals surface area contributed by atoms with Gasteiger partial charge in [-0.15, -0.1) is 0 Å². The molecule has 0 bridgehead atoms. The number of piperidine rings is 1. The van der Waals surface area contributed by atoms with Gasteiger partial charge < -0.3 is 10.2 Å². The van der Waals surface area contributed by atoms with Crippen molar-refractivity contribution in [1.82, 2.24) is 14.9 Å². The molecule has 1 amide bonds. The molecule has 2 N–H and O–H groups in total. The monoisotopic (exact) mass is 407 g/mol. The lowest BCUT2D eigenvalue weighted by Gasteiger charge is -2.31. The van der Waals surface area contributed by atoms with Gasteiger partial charge in [-0.3, -0.25) is 4.79 Å². The summed E-state index contributed by atoms with van der Waals surface area (Å²) in [5.74, 6) is -0.264. The zero-order valence-corrected chi connectivity index (χ0v) is 15.9. The largest absolute Gasteiger partial charge is 0.416 e. The Morgan fingerprint density at radius 1 is 1.26 bits per heavy atom. The Kier molecular flexibility index (Phi) is 7.24. The Labute approximate surface area is 157 Å². The molecule has 2 rings (SSSR count). The van der Waals surface area contributed by atoms with Crippen LogP contribution >= 0.6 is 0 Å². The predicted molar refractivity (Wildman–Crippen MR) is 95.8 cm³/mol. The van der Waals surface area contributed by atoms with Crippen LogP contribution in [-0.4, -0.2) is 58.2 Å². The molecule has 1 aliphatic rings. The van der Waals surface area contributed by atoms with E-state index in [1.165, 1.54) is 12.1 Å². The molecule has 0 radical (unpaired) electrons. The number of sulfonamides is 1. The Hall–Kier alpha value is -1.65. The number of hydrogen-bond donors (Lipinski definition) is 2. The highest BCUT2D eigenvalue weighted by atomic mass is 32.2.